The monoisotopic (exact) mass is 349 g/mol. The minimum atomic E-state index is 0.481. The summed E-state index contributed by atoms with van der Waals surface area (Å²) in [5, 5.41) is 4.09. The molecule has 0 atom stereocenters. The van der Waals surface area contributed by atoms with E-state index >= 15 is 0 Å². The zero-order valence-corrected chi connectivity index (χ0v) is 14.7. The molecule has 132 valence electrons. The molecule has 0 fully saturated rings. The topological polar surface area (TPSA) is 70.3 Å². The maximum Gasteiger partial charge on any atom is 0.258 e. The molecule has 0 saturated heterocycles. The van der Waals surface area contributed by atoms with Gasteiger partial charge in [-0.1, -0.05) is 23.4 Å². The van der Waals surface area contributed by atoms with Crippen molar-refractivity contribution in [3.8, 4) is 28.6 Å². The van der Waals surface area contributed by atoms with Gasteiger partial charge in [0.05, 0.1) is 26.0 Å². The van der Waals surface area contributed by atoms with Crippen molar-refractivity contribution in [1.29, 1.82) is 0 Å². The number of aryl methyl sites for hydroxylation is 1. The molecule has 0 amide bonds. The van der Waals surface area contributed by atoms with Crippen LogP contribution in [-0.4, -0.2) is 35.4 Å². The van der Waals surface area contributed by atoms with Crippen LogP contribution in [0.1, 0.15) is 17.7 Å². The van der Waals surface area contributed by atoms with Crippen LogP contribution in [-0.2, 0) is 4.74 Å². The molecule has 0 bridgehead atoms. The SMILES string of the molecule is COc1cc(-c2noc(-c3cccc(C4=CCOCC4)c3)n2)cnc1C. The summed E-state index contributed by atoms with van der Waals surface area (Å²) < 4.78 is 16.2. The Balaban J connectivity index is 1.65. The molecule has 2 aromatic heterocycles. The van der Waals surface area contributed by atoms with E-state index < -0.39 is 0 Å². The highest BCUT2D eigenvalue weighted by Gasteiger charge is 2.14. The number of hydrogen-bond donors (Lipinski definition) is 0. The van der Waals surface area contributed by atoms with E-state index in [1.807, 2.05) is 25.1 Å². The molecule has 1 aliphatic rings. The van der Waals surface area contributed by atoms with E-state index in [0.717, 1.165) is 35.4 Å². The third kappa shape index (κ3) is 3.23. The van der Waals surface area contributed by atoms with Gasteiger partial charge in [-0.3, -0.25) is 4.98 Å². The van der Waals surface area contributed by atoms with Gasteiger partial charge in [0.1, 0.15) is 5.75 Å². The second-order valence-corrected chi connectivity index (χ2v) is 6.07. The third-order valence-electron chi connectivity index (χ3n) is 4.39. The molecule has 0 radical (unpaired) electrons. The summed E-state index contributed by atoms with van der Waals surface area (Å²) in [5.74, 6) is 1.66. The number of aromatic nitrogens is 3. The smallest absolute Gasteiger partial charge is 0.258 e. The Kier molecular flexibility index (Phi) is 4.50. The Morgan fingerprint density at radius 2 is 2.00 bits per heavy atom. The fourth-order valence-corrected chi connectivity index (χ4v) is 2.94. The summed E-state index contributed by atoms with van der Waals surface area (Å²) in [6, 6.07) is 9.99. The second kappa shape index (κ2) is 7.09. The fourth-order valence-electron chi connectivity index (χ4n) is 2.94. The van der Waals surface area contributed by atoms with E-state index in [2.05, 4.69) is 33.3 Å². The molecule has 4 rings (SSSR count). The van der Waals surface area contributed by atoms with Crippen LogP contribution in [0.5, 0.6) is 5.75 Å². The highest BCUT2D eigenvalue weighted by molar-refractivity contribution is 5.71. The van der Waals surface area contributed by atoms with Gasteiger partial charge in [0.15, 0.2) is 0 Å². The summed E-state index contributed by atoms with van der Waals surface area (Å²) in [4.78, 5) is 8.84. The molecule has 26 heavy (non-hydrogen) atoms. The van der Waals surface area contributed by atoms with Crippen LogP contribution in [0, 0.1) is 6.92 Å². The number of ether oxygens (including phenoxy) is 2. The van der Waals surface area contributed by atoms with Gasteiger partial charge in [-0.05, 0) is 42.7 Å². The summed E-state index contributed by atoms with van der Waals surface area (Å²) in [6.07, 6.45) is 4.75. The molecule has 0 aliphatic carbocycles. The number of rotatable bonds is 4. The maximum absolute atomic E-state index is 5.48. The lowest BCUT2D eigenvalue weighted by molar-refractivity contribution is 0.161. The lowest BCUT2D eigenvalue weighted by atomic mass is 9.99. The van der Waals surface area contributed by atoms with Gasteiger partial charge in [0.2, 0.25) is 5.82 Å². The second-order valence-electron chi connectivity index (χ2n) is 6.07. The van der Waals surface area contributed by atoms with Crippen LogP contribution >= 0.6 is 0 Å². The van der Waals surface area contributed by atoms with Crippen LogP contribution in [0.3, 0.4) is 0 Å². The molecule has 0 spiro atoms. The molecule has 3 aromatic rings. The van der Waals surface area contributed by atoms with E-state index in [4.69, 9.17) is 14.0 Å². The fraction of sp³-hybridized carbons (Fsp3) is 0.250. The van der Waals surface area contributed by atoms with Gasteiger partial charge in [-0.25, -0.2) is 0 Å². The van der Waals surface area contributed by atoms with E-state index in [1.165, 1.54) is 5.57 Å². The van der Waals surface area contributed by atoms with E-state index in [1.54, 1.807) is 13.3 Å². The van der Waals surface area contributed by atoms with Crippen molar-refractivity contribution in [2.45, 2.75) is 13.3 Å². The highest BCUT2D eigenvalue weighted by atomic mass is 16.5. The lowest BCUT2D eigenvalue weighted by Crippen LogP contribution is -2.03. The zero-order chi connectivity index (χ0) is 17.9. The molecule has 6 nitrogen and oxygen atoms in total. The summed E-state index contributed by atoms with van der Waals surface area (Å²) in [5.41, 5.74) is 4.90. The molecular weight excluding hydrogens is 330 g/mol. The quantitative estimate of drug-likeness (QED) is 0.711. The standard InChI is InChI=1S/C20H19N3O3/c1-13-18(24-2)11-17(12-21-13)19-22-20(26-23-19)16-5-3-4-15(10-16)14-6-8-25-9-7-14/h3-6,10-12H,7-9H2,1-2H3. The van der Waals surface area contributed by atoms with Gasteiger partial charge in [-0.2, -0.15) is 4.98 Å². The highest BCUT2D eigenvalue weighted by Crippen LogP contribution is 2.28. The number of methoxy groups -OCH3 is 1. The average molecular weight is 349 g/mol. The molecular formula is C20H19N3O3. The summed E-state index contributed by atoms with van der Waals surface area (Å²) in [6.45, 7) is 3.30. The summed E-state index contributed by atoms with van der Waals surface area (Å²) >= 11 is 0. The lowest BCUT2D eigenvalue weighted by Gasteiger charge is -2.13. The molecule has 0 N–H and O–H groups in total. The van der Waals surface area contributed by atoms with Gasteiger partial charge in [0.25, 0.3) is 5.89 Å². The van der Waals surface area contributed by atoms with E-state index in [-0.39, 0.29) is 0 Å². The Hall–Kier alpha value is -2.99. The first-order valence-electron chi connectivity index (χ1n) is 8.47. The van der Waals surface area contributed by atoms with E-state index in [0.29, 0.717) is 24.1 Å². The van der Waals surface area contributed by atoms with Gasteiger partial charge in [0, 0.05) is 17.3 Å². The van der Waals surface area contributed by atoms with Gasteiger partial charge in [-0.15, -0.1) is 0 Å². The van der Waals surface area contributed by atoms with Crippen LogP contribution in [0.2, 0.25) is 0 Å². The van der Waals surface area contributed by atoms with Crippen LogP contribution in [0.25, 0.3) is 28.4 Å². The first-order chi connectivity index (χ1) is 12.7. The van der Waals surface area contributed by atoms with Gasteiger partial charge >= 0.3 is 0 Å². The molecule has 0 saturated carbocycles. The van der Waals surface area contributed by atoms with E-state index in [9.17, 15) is 0 Å². The predicted octanol–water partition coefficient (Wildman–Crippen LogP) is 3.92. The van der Waals surface area contributed by atoms with Crippen molar-refractivity contribution < 1.29 is 14.0 Å². The number of benzene rings is 1. The van der Waals surface area contributed by atoms with Crippen LogP contribution in [0.15, 0.2) is 47.1 Å². The number of pyridine rings is 1. The first kappa shape index (κ1) is 16.5. The Morgan fingerprint density at radius 1 is 1.12 bits per heavy atom. The molecule has 1 aromatic carbocycles. The largest absolute Gasteiger partial charge is 0.495 e. The molecule has 3 heterocycles. The minimum Gasteiger partial charge on any atom is -0.495 e. The minimum absolute atomic E-state index is 0.481. The van der Waals surface area contributed by atoms with Crippen molar-refractivity contribution in [2.75, 3.05) is 20.3 Å². The van der Waals surface area contributed by atoms with Gasteiger partial charge < -0.3 is 14.0 Å². The predicted molar refractivity (Wildman–Crippen MR) is 97.7 cm³/mol. The Bertz CT molecular complexity index is 962. The Labute approximate surface area is 151 Å². The van der Waals surface area contributed by atoms with Crippen molar-refractivity contribution >= 4 is 5.57 Å². The number of nitrogens with zero attached hydrogens (tertiary/aromatic N) is 3. The van der Waals surface area contributed by atoms with Crippen LogP contribution < -0.4 is 4.74 Å². The maximum atomic E-state index is 5.48. The first-order valence-corrected chi connectivity index (χ1v) is 8.47. The molecule has 6 heteroatoms. The van der Waals surface area contributed by atoms with Crippen molar-refractivity contribution in [2.24, 2.45) is 0 Å². The molecule has 1 aliphatic heterocycles. The van der Waals surface area contributed by atoms with Crippen molar-refractivity contribution in [3.63, 3.8) is 0 Å². The van der Waals surface area contributed by atoms with Crippen molar-refractivity contribution in [3.05, 3.63) is 53.9 Å². The summed E-state index contributed by atoms with van der Waals surface area (Å²) in [7, 11) is 1.62. The van der Waals surface area contributed by atoms with Crippen molar-refractivity contribution in [1.82, 2.24) is 15.1 Å². The zero-order valence-electron chi connectivity index (χ0n) is 14.7. The normalized spacial score (nSPS) is 14.2. The molecule has 0 unspecified atom stereocenters. The van der Waals surface area contributed by atoms with Crippen LogP contribution in [0.4, 0.5) is 0 Å². The number of hydrogen-bond acceptors (Lipinski definition) is 6. The third-order valence-corrected chi connectivity index (χ3v) is 4.39. The Morgan fingerprint density at radius 3 is 2.81 bits per heavy atom. The average Bonchev–Trinajstić information content (AvgIpc) is 3.19.